The molecule has 3 aliphatic rings. The van der Waals surface area contributed by atoms with Crippen LogP contribution in [0.1, 0.15) is 26.7 Å². The highest BCUT2D eigenvalue weighted by molar-refractivity contribution is 5.92. The fourth-order valence-electron chi connectivity index (χ4n) is 4.23. The van der Waals surface area contributed by atoms with E-state index < -0.39 is 36.7 Å². The summed E-state index contributed by atoms with van der Waals surface area (Å²) in [7, 11) is 0. The third-order valence-corrected chi connectivity index (χ3v) is 5.58. The van der Waals surface area contributed by atoms with Crippen molar-refractivity contribution in [3.05, 3.63) is 46.6 Å². The Morgan fingerprint density at radius 1 is 1.42 bits per heavy atom. The maximum atomic E-state index is 12.4. The van der Waals surface area contributed by atoms with Gasteiger partial charge in [-0.05, 0) is 26.3 Å². The van der Waals surface area contributed by atoms with Crippen molar-refractivity contribution in [2.75, 3.05) is 13.2 Å². The molecule has 1 fully saturated rings. The van der Waals surface area contributed by atoms with Gasteiger partial charge in [-0.15, -0.1) is 0 Å². The Bertz CT molecular complexity index is 741. The van der Waals surface area contributed by atoms with Crippen LogP contribution in [0.25, 0.3) is 0 Å². The quantitative estimate of drug-likeness (QED) is 0.449. The van der Waals surface area contributed by atoms with Gasteiger partial charge in [0.2, 0.25) is 0 Å². The Hall–Kier alpha value is -2.18. The number of rotatable bonds is 4. The van der Waals surface area contributed by atoms with E-state index in [2.05, 4.69) is 12.7 Å². The Kier molecular flexibility index (Phi) is 5.16. The third-order valence-electron chi connectivity index (χ3n) is 5.58. The number of carbonyl (C=O) groups is 2. The first-order valence-electron chi connectivity index (χ1n) is 8.75. The summed E-state index contributed by atoms with van der Waals surface area (Å²) in [6.07, 6.45) is 3.62. The van der Waals surface area contributed by atoms with Gasteiger partial charge in [-0.25, -0.2) is 9.59 Å². The fraction of sp³-hybridized carbons (Fsp3) is 0.500. The molecule has 0 aromatic heterocycles. The van der Waals surface area contributed by atoms with Crippen LogP contribution < -0.4 is 0 Å². The van der Waals surface area contributed by atoms with E-state index in [0.29, 0.717) is 12.0 Å². The summed E-state index contributed by atoms with van der Waals surface area (Å²) in [5.41, 5.74) is 3.80. The molecule has 0 unspecified atom stereocenters. The number of aliphatic hydroxyl groups is 2. The van der Waals surface area contributed by atoms with Gasteiger partial charge in [0.05, 0.1) is 24.7 Å². The second-order valence-electron chi connectivity index (χ2n) is 7.07. The maximum Gasteiger partial charge on any atom is 0.336 e. The van der Waals surface area contributed by atoms with Crippen molar-refractivity contribution in [3.8, 4) is 0 Å². The second kappa shape index (κ2) is 7.21. The van der Waals surface area contributed by atoms with Crippen LogP contribution in [0.3, 0.4) is 0 Å². The monoisotopic (exact) mass is 360 g/mol. The molecular formula is C20H24O6. The topological polar surface area (TPSA) is 93.1 Å². The van der Waals surface area contributed by atoms with Gasteiger partial charge in [0.15, 0.2) is 0 Å². The summed E-state index contributed by atoms with van der Waals surface area (Å²) in [5.74, 6) is -1.58. The van der Waals surface area contributed by atoms with Crippen molar-refractivity contribution in [2.45, 2.75) is 38.9 Å². The van der Waals surface area contributed by atoms with Crippen molar-refractivity contribution in [3.63, 3.8) is 0 Å². The van der Waals surface area contributed by atoms with Gasteiger partial charge < -0.3 is 19.7 Å². The number of aliphatic hydroxyl groups excluding tert-OH is 2. The van der Waals surface area contributed by atoms with Gasteiger partial charge in [0, 0.05) is 17.9 Å². The van der Waals surface area contributed by atoms with Crippen LogP contribution in [0.5, 0.6) is 0 Å². The molecule has 3 rings (SSSR count). The lowest BCUT2D eigenvalue weighted by atomic mass is 9.82. The minimum Gasteiger partial charge on any atom is -0.458 e. The second-order valence-corrected chi connectivity index (χ2v) is 7.07. The molecule has 0 aromatic rings. The smallest absolute Gasteiger partial charge is 0.336 e. The molecule has 26 heavy (non-hydrogen) atoms. The van der Waals surface area contributed by atoms with Gasteiger partial charge in [0.1, 0.15) is 12.2 Å². The molecule has 2 aliphatic carbocycles. The number of carbonyl (C=O) groups excluding carboxylic acids is 2. The van der Waals surface area contributed by atoms with E-state index in [0.717, 1.165) is 17.6 Å². The largest absolute Gasteiger partial charge is 0.458 e. The van der Waals surface area contributed by atoms with Crippen LogP contribution in [0.2, 0.25) is 0 Å². The summed E-state index contributed by atoms with van der Waals surface area (Å²) in [5, 5.41) is 18.3. The van der Waals surface area contributed by atoms with E-state index in [1.165, 1.54) is 11.6 Å². The van der Waals surface area contributed by atoms with Crippen molar-refractivity contribution in [1.82, 2.24) is 0 Å². The molecule has 0 bridgehead atoms. The molecule has 1 heterocycles. The number of allylic oxidation sites excluding steroid dienone is 1. The van der Waals surface area contributed by atoms with Gasteiger partial charge in [0.25, 0.3) is 0 Å². The van der Waals surface area contributed by atoms with Crippen LogP contribution in [-0.2, 0) is 19.1 Å². The van der Waals surface area contributed by atoms with Crippen LogP contribution in [0.4, 0.5) is 0 Å². The van der Waals surface area contributed by atoms with Crippen LogP contribution in [0, 0.1) is 11.8 Å². The first-order valence-corrected chi connectivity index (χ1v) is 8.75. The van der Waals surface area contributed by atoms with E-state index in [-0.39, 0.29) is 18.1 Å². The normalized spacial score (nSPS) is 31.2. The Labute approximate surface area is 152 Å². The third kappa shape index (κ3) is 3.04. The van der Waals surface area contributed by atoms with Crippen molar-refractivity contribution in [2.24, 2.45) is 11.8 Å². The molecule has 0 aromatic carbocycles. The number of hydrogen-bond acceptors (Lipinski definition) is 6. The van der Waals surface area contributed by atoms with Gasteiger partial charge >= 0.3 is 11.9 Å². The van der Waals surface area contributed by atoms with E-state index in [4.69, 9.17) is 14.6 Å². The number of fused-ring (bicyclic) bond motifs is 3. The highest BCUT2D eigenvalue weighted by Gasteiger charge is 2.52. The minimum atomic E-state index is -0.699. The van der Waals surface area contributed by atoms with Crippen LogP contribution in [-0.4, -0.2) is 47.6 Å². The maximum absolute atomic E-state index is 12.4. The SMILES string of the molecule is C=C1C(=O)O[C@@H]2[C@H]3C(C)=CCC3=C(C)C[C@@H](OC(=O)/C(=C/CO)CO)[C@@H]12. The first-order chi connectivity index (χ1) is 12.4. The molecule has 1 saturated heterocycles. The zero-order chi connectivity index (χ0) is 19.0. The standard InChI is InChI=1S/C20H24O6/c1-10-4-5-14-11(2)8-15(25-20(24)13(9-22)6-7-21)17-12(3)19(23)26-18(17)16(10)14/h4,6,15-18,21-22H,3,5,7-9H2,1-2H3/b13-6+/t15-,16+,17-,18-/m1/s1. The first kappa shape index (κ1) is 18.6. The number of esters is 2. The lowest BCUT2D eigenvalue weighted by molar-refractivity contribution is -0.148. The highest BCUT2D eigenvalue weighted by Crippen LogP contribution is 2.49. The molecule has 2 N–H and O–H groups in total. The Balaban J connectivity index is 1.95. The lowest BCUT2D eigenvalue weighted by Gasteiger charge is -2.28. The molecule has 0 radical (unpaired) electrons. The number of hydrogen-bond donors (Lipinski definition) is 2. The fourth-order valence-corrected chi connectivity index (χ4v) is 4.23. The predicted octanol–water partition coefficient (Wildman–Crippen LogP) is 1.59. The molecule has 6 nitrogen and oxygen atoms in total. The molecule has 6 heteroatoms. The average Bonchev–Trinajstić information content (AvgIpc) is 3.08. The summed E-state index contributed by atoms with van der Waals surface area (Å²) in [4.78, 5) is 24.6. The molecule has 0 spiro atoms. The number of ether oxygens (including phenoxy) is 2. The zero-order valence-corrected chi connectivity index (χ0v) is 15.0. The van der Waals surface area contributed by atoms with Crippen molar-refractivity contribution in [1.29, 1.82) is 0 Å². The summed E-state index contributed by atoms with van der Waals surface area (Å²) < 4.78 is 11.3. The van der Waals surface area contributed by atoms with E-state index in [1.807, 2.05) is 13.8 Å². The molecule has 1 aliphatic heterocycles. The van der Waals surface area contributed by atoms with Crippen LogP contribution >= 0.6 is 0 Å². The Morgan fingerprint density at radius 2 is 2.15 bits per heavy atom. The Morgan fingerprint density at radius 3 is 2.81 bits per heavy atom. The van der Waals surface area contributed by atoms with E-state index in [1.54, 1.807) is 0 Å². The van der Waals surface area contributed by atoms with Crippen LogP contribution in [0.15, 0.2) is 46.6 Å². The molecule has 0 amide bonds. The van der Waals surface area contributed by atoms with Gasteiger partial charge in [-0.2, -0.15) is 0 Å². The molecule has 4 atom stereocenters. The highest BCUT2D eigenvalue weighted by atomic mass is 16.6. The lowest BCUT2D eigenvalue weighted by Crippen LogP contribution is -2.36. The minimum absolute atomic E-state index is 0.00259. The molecular weight excluding hydrogens is 336 g/mol. The summed E-state index contributed by atoms with van der Waals surface area (Å²) in [6, 6.07) is 0. The van der Waals surface area contributed by atoms with Crippen molar-refractivity contribution >= 4 is 11.9 Å². The molecule has 140 valence electrons. The van der Waals surface area contributed by atoms with E-state index >= 15 is 0 Å². The van der Waals surface area contributed by atoms with Gasteiger partial charge in [-0.1, -0.05) is 29.4 Å². The average molecular weight is 360 g/mol. The molecule has 0 saturated carbocycles. The van der Waals surface area contributed by atoms with Crippen molar-refractivity contribution < 1.29 is 29.3 Å². The zero-order valence-electron chi connectivity index (χ0n) is 15.0. The van der Waals surface area contributed by atoms with E-state index in [9.17, 15) is 14.7 Å². The summed E-state index contributed by atoms with van der Waals surface area (Å²) >= 11 is 0. The van der Waals surface area contributed by atoms with Gasteiger partial charge in [-0.3, -0.25) is 0 Å². The summed E-state index contributed by atoms with van der Waals surface area (Å²) in [6.45, 7) is 7.02. The predicted molar refractivity (Wildman–Crippen MR) is 93.8 cm³/mol.